The number of carbonyl (C=O) groups excluding carboxylic acids is 1. The summed E-state index contributed by atoms with van der Waals surface area (Å²) in [4.78, 5) is 14.5. The maximum Gasteiger partial charge on any atom is 0.323 e. The van der Waals surface area contributed by atoms with E-state index in [0.717, 1.165) is 18.9 Å². The van der Waals surface area contributed by atoms with E-state index in [0.29, 0.717) is 18.7 Å². The van der Waals surface area contributed by atoms with E-state index < -0.39 is 0 Å². The third-order valence-electron chi connectivity index (χ3n) is 4.41. The van der Waals surface area contributed by atoms with Crippen molar-refractivity contribution in [3.8, 4) is 0 Å². The highest BCUT2D eigenvalue weighted by Crippen LogP contribution is 2.26. The lowest BCUT2D eigenvalue weighted by atomic mass is 9.86. The van der Waals surface area contributed by atoms with Crippen LogP contribution >= 0.6 is 0 Å². The van der Waals surface area contributed by atoms with Crippen molar-refractivity contribution in [2.75, 3.05) is 20.2 Å². The molecule has 3 atom stereocenters. The molecule has 3 unspecified atom stereocenters. The molecule has 21 heavy (non-hydrogen) atoms. The van der Waals surface area contributed by atoms with E-state index in [9.17, 15) is 4.79 Å². The Balaban J connectivity index is 2.45. The monoisotopic (exact) mass is 298 g/mol. The Hall–Kier alpha value is -0.610. The second-order valence-corrected chi connectivity index (χ2v) is 6.82. The second kappa shape index (κ2) is 9.42. The molecule has 4 nitrogen and oxygen atoms in total. The minimum absolute atomic E-state index is 0.114. The molecule has 0 spiro atoms. The van der Waals surface area contributed by atoms with Gasteiger partial charge in [0.1, 0.15) is 6.04 Å². The molecular weight excluding hydrogens is 264 g/mol. The number of esters is 1. The molecular formula is C17H34N2O2. The molecule has 0 radical (unpaired) electrons. The Bertz CT molecular complexity index is 307. The number of carbonyl (C=O) groups is 1. The minimum Gasteiger partial charge on any atom is -0.465 e. The zero-order chi connectivity index (χ0) is 15.8. The quantitative estimate of drug-likeness (QED) is 0.700. The molecule has 0 aromatic rings. The smallest absolute Gasteiger partial charge is 0.323 e. The summed E-state index contributed by atoms with van der Waals surface area (Å²) in [5.74, 6) is 0.720. The van der Waals surface area contributed by atoms with Crippen LogP contribution in [0.4, 0.5) is 0 Å². The van der Waals surface area contributed by atoms with Crippen molar-refractivity contribution in [3.63, 3.8) is 0 Å². The predicted octanol–water partition coefficient (Wildman–Crippen LogP) is 2.82. The summed E-state index contributed by atoms with van der Waals surface area (Å²) in [6.45, 7) is 9.74. The zero-order valence-electron chi connectivity index (χ0n) is 14.5. The van der Waals surface area contributed by atoms with Gasteiger partial charge < -0.3 is 15.0 Å². The summed E-state index contributed by atoms with van der Waals surface area (Å²) < 4.78 is 5.18. The van der Waals surface area contributed by atoms with Crippen LogP contribution in [-0.2, 0) is 9.53 Å². The first-order valence-corrected chi connectivity index (χ1v) is 8.56. The van der Waals surface area contributed by atoms with Gasteiger partial charge in [-0.3, -0.25) is 4.79 Å². The average Bonchev–Trinajstić information content (AvgIpc) is 2.42. The topological polar surface area (TPSA) is 41.6 Å². The van der Waals surface area contributed by atoms with Gasteiger partial charge in [0.15, 0.2) is 0 Å². The molecule has 0 aromatic heterocycles. The third-order valence-corrected chi connectivity index (χ3v) is 4.41. The molecule has 0 heterocycles. The van der Waals surface area contributed by atoms with Gasteiger partial charge in [0.05, 0.1) is 6.61 Å². The number of ether oxygens (including phenoxy) is 1. The molecule has 0 amide bonds. The number of nitrogens with zero attached hydrogens (tertiary/aromatic N) is 1. The lowest BCUT2D eigenvalue weighted by molar-refractivity contribution is -0.146. The van der Waals surface area contributed by atoms with Crippen molar-refractivity contribution in [2.24, 2.45) is 5.92 Å². The highest BCUT2D eigenvalue weighted by atomic mass is 16.5. The van der Waals surface area contributed by atoms with E-state index in [1.165, 1.54) is 25.7 Å². The van der Waals surface area contributed by atoms with Crippen LogP contribution in [0.2, 0.25) is 0 Å². The van der Waals surface area contributed by atoms with Crippen LogP contribution in [-0.4, -0.2) is 49.2 Å². The van der Waals surface area contributed by atoms with Gasteiger partial charge in [0, 0.05) is 18.6 Å². The van der Waals surface area contributed by atoms with Crippen LogP contribution in [0.15, 0.2) is 0 Å². The molecule has 4 heteroatoms. The molecule has 1 saturated carbocycles. The summed E-state index contributed by atoms with van der Waals surface area (Å²) in [5.41, 5.74) is 0. The standard InChI is InChI=1S/C17H34N2O2/c1-6-21-17(20)16(18-13(2)3)10-11-19(5)15-9-7-8-14(4)12-15/h13-16,18H,6-12H2,1-5H3. The van der Waals surface area contributed by atoms with Gasteiger partial charge in [-0.15, -0.1) is 0 Å². The Morgan fingerprint density at radius 3 is 2.67 bits per heavy atom. The molecule has 0 saturated heterocycles. The number of nitrogens with one attached hydrogen (secondary N) is 1. The van der Waals surface area contributed by atoms with E-state index in [1.807, 2.05) is 6.92 Å². The van der Waals surface area contributed by atoms with Crippen LogP contribution in [0.3, 0.4) is 0 Å². The molecule has 1 N–H and O–H groups in total. The predicted molar refractivity (Wildman–Crippen MR) is 87.4 cm³/mol. The molecule has 1 rings (SSSR count). The Morgan fingerprint density at radius 2 is 2.10 bits per heavy atom. The largest absolute Gasteiger partial charge is 0.465 e. The van der Waals surface area contributed by atoms with Gasteiger partial charge in [0.2, 0.25) is 0 Å². The maximum atomic E-state index is 12.0. The summed E-state index contributed by atoms with van der Waals surface area (Å²) in [6.07, 6.45) is 6.10. The fraction of sp³-hybridized carbons (Fsp3) is 0.941. The second-order valence-electron chi connectivity index (χ2n) is 6.82. The SMILES string of the molecule is CCOC(=O)C(CCN(C)C1CCCC(C)C1)NC(C)C. The van der Waals surface area contributed by atoms with E-state index in [-0.39, 0.29) is 12.0 Å². The van der Waals surface area contributed by atoms with Gasteiger partial charge in [-0.25, -0.2) is 0 Å². The Labute approximate surface area is 130 Å². The fourth-order valence-corrected chi connectivity index (χ4v) is 3.23. The van der Waals surface area contributed by atoms with Gasteiger partial charge in [-0.05, 0) is 39.2 Å². The van der Waals surface area contributed by atoms with Crippen LogP contribution in [0.25, 0.3) is 0 Å². The van der Waals surface area contributed by atoms with Crippen molar-refractivity contribution >= 4 is 5.97 Å². The van der Waals surface area contributed by atoms with E-state index >= 15 is 0 Å². The maximum absolute atomic E-state index is 12.0. The van der Waals surface area contributed by atoms with Crippen molar-refractivity contribution in [1.82, 2.24) is 10.2 Å². The molecule has 1 aliphatic rings. The van der Waals surface area contributed by atoms with Crippen LogP contribution in [0.1, 0.15) is 59.8 Å². The summed E-state index contributed by atoms with van der Waals surface area (Å²) >= 11 is 0. The highest BCUT2D eigenvalue weighted by Gasteiger charge is 2.25. The highest BCUT2D eigenvalue weighted by molar-refractivity contribution is 5.75. The molecule has 0 aromatic carbocycles. The molecule has 124 valence electrons. The van der Waals surface area contributed by atoms with Gasteiger partial charge in [-0.1, -0.05) is 33.6 Å². The Kier molecular flexibility index (Phi) is 8.27. The first kappa shape index (κ1) is 18.4. The number of rotatable bonds is 8. The van der Waals surface area contributed by atoms with Gasteiger partial charge in [0.25, 0.3) is 0 Å². The van der Waals surface area contributed by atoms with Gasteiger partial charge >= 0.3 is 5.97 Å². The van der Waals surface area contributed by atoms with Crippen molar-refractivity contribution in [2.45, 2.75) is 77.9 Å². The average molecular weight is 298 g/mol. The summed E-state index contributed by atoms with van der Waals surface area (Å²) in [7, 11) is 2.19. The summed E-state index contributed by atoms with van der Waals surface area (Å²) in [6, 6.07) is 0.781. The first-order valence-electron chi connectivity index (χ1n) is 8.56. The van der Waals surface area contributed by atoms with E-state index in [4.69, 9.17) is 4.74 Å². The lowest BCUT2D eigenvalue weighted by Gasteiger charge is -2.34. The number of hydrogen-bond donors (Lipinski definition) is 1. The fourth-order valence-electron chi connectivity index (χ4n) is 3.23. The van der Waals surface area contributed by atoms with Crippen LogP contribution in [0, 0.1) is 5.92 Å². The molecule has 0 bridgehead atoms. The van der Waals surface area contributed by atoms with E-state index in [1.54, 1.807) is 0 Å². The van der Waals surface area contributed by atoms with Crippen molar-refractivity contribution < 1.29 is 9.53 Å². The first-order chi connectivity index (χ1) is 9.93. The van der Waals surface area contributed by atoms with Crippen LogP contribution < -0.4 is 5.32 Å². The van der Waals surface area contributed by atoms with Gasteiger partial charge in [-0.2, -0.15) is 0 Å². The summed E-state index contributed by atoms with van der Waals surface area (Å²) in [5, 5.41) is 3.33. The molecule has 0 aliphatic heterocycles. The normalized spacial score (nSPS) is 24.3. The zero-order valence-corrected chi connectivity index (χ0v) is 14.5. The minimum atomic E-state index is -0.187. The third kappa shape index (κ3) is 6.79. The molecule has 1 aliphatic carbocycles. The van der Waals surface area contributed by atoms with E-state index in [2.05, 4.69) is 38.0 Å². The lowest BCUT2D eigenvalue weighted by Crippen LogP contribution is -2.45. The number of hydrogen-bond acceptors (Lipinski definition) is 4. The van der Waals surface area contributed by atoms with Crippen molar-refractivity contribution in [3.05, 3.63) is 0 Å². The molecule has 1 fully saturated rings. The van der Waals surface area contributed by atoms with Crippen molar-refractivity contribution in [1.29, 1.82) is 0 Å². The Morgan fingerprint density at radius 1 is 1.38 bits per heavy atom. The van der Waals surface area contributed by atoms with Crippen LogP contribution in [0.5, 0.6) is 0 Å².